The fourth-order valence-corrected chi connectivity index (χ4v) is 5.38. The summed E-state index contributed by atoms with van der Waals surface area (Å²) in [6, 6.07) is 14.1. The van der Waals surface area contributed by atoms with Gasteiger partial charge in [-0.3, -0.25) is 14.5 Å². The molecule has 2 aliphatic rings. The van der Waals surface area contributed by atoms with Gasteiger partial charge in [0.2, 0.25) is 11.8 Å². The summed E-state index contributed by atoms with van der Waals surface area (Å²) in [6.45, 7) is 0. The summed E-state index contributed by atoms with van der Waals surface area (Å²) in [4.78, 5) is 30.9. The largest absolute Gasteiger partial charge is 0.433 e. The molecule has 2 aromatic carbocycles. The standard InChI is InChI=1S/C27H26ClF3N4O2/c28-16-6-11-21-20(14-16)22(15-24(34-21)27(29,30)31)32-17-7-9-18(10-8-17)33-26(37)23-12-13-25(36)35(23)19-4-2-1-3-5-19/h1-6,11,14-15,17-18,23H,7-10,12-13H2,(H,32,34)(H,33,37)/t17-,18+,23?. The molecule has 2 heterocycles. The van der Waals surface area contributed by atoms with E-state index in [1.807, 2.05) is 30.3 Å². The highest BCUT2D eigenvalue weighted by atomic mass is 35.5. The van der Waals surface area contributed by atoms with Crippen LogP contribution in [0.15, 0.2) is 54.6 Å². The first kappa shape index (κ1) is 25.3. The molecule has 2 amide bonds. The predicted molar refractivity (Wildman–Crippen MR) is 137 cm³/mol. The van der Waals surface area contributed by atoms with Gasteiger partial charge >= 0.3 is 6.18 Å². The average molecular weight is 531 g/mol. The quantitative estimate of drug-likeness (QED) is 0.428. The van der Waals surface area contributed by atoms with Gasteiger partial charge in [0.05, 0.1) is 5.52 Å². The first-order chi connectivity index (χ1) is 17.7. The van der Waals surface area contributed by atoms with Crippen LogP contribution < -0.4 is 15.5 Å². The number of hydrogen-bond donors (Lipinski definition) is 2. The van der Waals surface area contributed by atoms with E-state index in [1.165, 1.54) is 12.1 Å². The van der Waals surface area contributed by atoms with E-state index in [0.29, 0.717) is 60.3 Å². The third-order valence-corrected chi connectivity index (χ3v) is 7.28. The number of aromatic nitrogens is 1. The Balaban J connectivity index is 1.23. The first-order valence-corrected chi connectivity index (χ1v) is 12.7. The van der Waals surface area contributed by atoms with E-state index in [4.69, 9.17) is 11.6 Å². The van der Waals surface area contributed by atoms with Gasteiger partial charge < -0.3 is 10.6 Å². The summed E-state index contributed by atoms with van der Waals surface area (Å²) in [6.07, 6.45) is -1.09. The summed E-state index contributed by atoms with van der Waals surface area (Å²) < 4.78 is 40.3. The van der Waals surface area contributed by atoms with Crippen molar-refractivity contribution in [3.8, 4) is 0 Å². The maximum Gasteiger partial charge on any atom is 0.433 e. The molecule has 0 bridgehead atoms. The van der Waals surface area contributed by atoms with Crippen molar-refractivity contribution in [2.24, 2.45) is 0 Å². The van der Waals surface area contributed by atoms with Crippen LogP contribution in [-0.2, 0) is 15.8 Å². The molecule has 1 aromatic heterocycles. The van der Waals surface area contributed by atoms with Crippen LogP contribution in [0, 0.1) is 0 Å². The molecule has 3 aromatic rings. The van der Waals surface area contributed by atoms with Crippen molar-refractivity contribution in [2.75, 3.05) is 10.2 Å². The number of benzene rings is 2. The lowest BCUT2D eigenvalue weighted by molar-refractivity contribution is -0.140. The van der Waals surface area contributed by atoms with Crippen LogP contribution in [0.5, 0.6) is 0 Å². The molecule has 10 heteroatoms. The van der Waals surface area contributed by atoms with Crippen molar-refractivity contribution in [3.05, 3.63) is 65.3 Å². The van der Waals surface area contributed by atoms with Gasteiger partial charge in [0.25, 0.3) is 0 Å². The molecule has 37 heavy (non-hydrogen) atoms. The number of fused-ring (bicyclic) bond motifs is 1. The third kappa shape index (κ3) is 5.51. The van der Waals surface area contributed by atoms with Gasteiger partial charge in [0, 0.05) is 40.3 Å². The summed E-state index contributed by atoms with van der Waals surface area (Å²) >= 11 is 6.10. The molecule has 1 aliphatic heterocycles. The summed E-state index contributed by atoms with van der Waals surface area (Å²) in [5.74, 6) is -0.238. The first-order valence-electron chi connectivity index (χ1n) is 12.3. The molecular formula is C27H26ClF3N4O2. The SMILES string of the molecule is O=C(N[C@H]1CC[C@@H](Nc2cc(C(F)(F)F)nc3ccc(Cl)cc23)CC1)C1CCC(=O)N1c1ccccc1. The Labute approximate surface area is 217 Å². The highest BCUT2D eigenvalue weighted by molar-refractivity contribution is 6.31. The second kappa shape index (κ2) is 10.2. The summed E-state index contributed by atoms with van der Waals surface area (Å²) in [7, 11) is 0. The third-order valence-electron chi connectivity index (χ3n) is 7.04. The van der Waals surface area contributed by atoms with Crippen LogP contribution in [-0.4, -0.2) is 34.9 Å². The fraction of sp³-hybridized carbons (Fsp3) is 0.370. The Kier molecular flexibility index (Phi) is 6.98. The molecule has 6 nitrogen and oxygen atoms in total. The van der Waals surface area contributed by atoms with Gasteiger partial charge in [-0.05, 0) is 68.5 Å². The van der Waals surface area contributed by atoms with E-state index in [-0.39, 0.29) is 29.4 Å². The van der Waals surface area contributed by atoms with Gasteiger partial charge in [0.15, 0.2) is 0 Å². The lowest BCUT2D eigenvalue weighted by atomic mass is 9.90. The van der Waals surface area contributed by atoms with E-state index in [1.54, 1.807) is 11.0 Å². The minimum absolute atomic E-state index is 0.0618. The summed E-state index contributed by atoms with van der Waals surface area (Å²) in [5, 5.41) is 7.30. The molecule has 1 saturated carbocycles. The van der Waals surface area contributed by atoms with Gasteiger partial charge in [0.1, 0.15) is 11.7 Å². The molecule has 2 fully saturated rings. The Bertz CT molecular complexity index is 1310. The number of halogens is 4. The number of nitrogens with zero attached hydrogens (tertiary/aromatic N) is 2. The molecule has 1 atom stereocenters. The smallest absolute Gasteiger partial charge is 0.382 e. The molecule has 1 aliphatic carbocycles. The van der Waals surface area contributed by atoms with Crippen LogP contribution in [0.4, 0.5) is 24.5 Å². The normalized spacial score (nSPS) is 22.3. The van der Waals surface area contributed by atoms with Crippen molar-refractivity contribution in [2.45, 2.75) is 62.8 Å². The predicted octanol–water partition coefficient (Wildman–Crippen LogP) is 5.94. The molecule has 1 saturated heterocycles. The zero-order valence-electron chi connectivity index (χ0n) is 19.9. The Hall–Kier alpha value is -3.33. The number of nitrogens with one attached hydrogen (secondary N) is 2. The Morgan fingerprint density at radius 1 is 0.973 bits per heavy atom. The van der Waals surface area contributed by atoms with Crippen LogP contribution in [0.25, 0.3) is 10.9 Å². The number of amides is 2. The van der Waals surface area contributed by atoms with Gasteiger partial charge in [-0.1, -0.05) is 29.8 Å². The zero-order valence-corrected chi connectivity index (χ0v) is 20.6. The maximum atomic E-state index is 13.4. The van der Waals surface area contributed by atoms with E-state index in [9.17, 15) is 22.8 Å². The second-order valence-corrected chi connectivity index (χ2v) is 10.0. The van der Waals surface area contributed by atoms with Crippen LogP contribution >= 0.6 is 11.6 Å². The van der Waals surface area contributed by atoms with Gasteiger partial charge in [-0.25, -0.2) is 4.98 Å². The maximum absolute atomic E-state index is 13.4. The van der Waals surface area contributed by atoms with Crippen LogP contribution in [0.3, 0.4) is 0 Å². The van der Waals surface area contributed by atoms with Crippen molar-refractivity contribution < 1.29 is 22.8 Å². The Morgan fingerprint density at radius 2 is 1.68 bits per heavy atom. The van der Waals surface area contributed by atoms with Crippen molar-refractivity contribution in [3.63, 3.8) is 0 Å². The topological polar surface area (TPSA) is 74.3 Å². The minimum atomic E-state index is -4.57. The monoisotopic (exact) mass is 530 g/mol. The molecule has 0 radical (unpaired) electrons. The molecule has 1 unspecified atom stereocenters. The lowest BCUT2D eigenvalue weighted by Crippen LogP contribution is -2.49. The zero-order chi connectivity index (χ0) is 26.2. The van der Waals surface area contributed by atoms with E-state index in [2.05, 4.69) is 15.6 Å². The lowest BCUT2D eigenvalue weighted by Gasteiger charge is -2.32. The highest BCUT2D eigenvalue weighted by Crippen LogP contribution is 2.35. The van der Waals surface area contributed by atoms with Crippen molar-refractivity contribution in [1.82, 2.24) is 10.3 Å². The van der Waals surface area contributed by atoms with Crippen molar-refractivity contribution in [1.29, 1.82) is 0 Å². The van der Waals surface area contributed by atoms with E-state index in [0.717, 1.165) is 6.07 Å². The molecule has 0 spiro atoms. The van der Waals surface area contributed by atoms with Gasteiger partial charge in [-0.2, -0.15) is 13.2 Å². The van der Waals surface area contributed by atoms with Crippen LogP contribution in [0.1, 0.15) is 44.2 Å². The molecule has 2 N–H and O–H groups in total. The van der Waals surface area contributed by atoms with E-state index < -0.39 is 17.9 Å². The fourth-order valence-electron chi connectivity index (χ4n) is 5.21. The number of carbonyl (C=O) groups excluding carboxylic acids is 2. The number of anilines is 2. The number of rotatable bonds is 5. The second-order valence-electron chi connectivity index (χ2n) is 9.57. The average Bonchev–Trinajstić information content (AvgIpc) is 3.26. The van der Waals surface area contributed by atoms with Gasteiger partial charge in [-0.15, -0.1) is 0 Å². The molecule has 5 rings (SSSR count). The van der Waals surface area contributed by atoms with E-state index >= 15 is 0 Å². The number of hydrogen-bond acceptors (Lipinski definition) is 4. The number of para-hydroxylation sites is 1. The van der Waals surface area contributed by atoms with Crippen molar-refractivity contribution >= 4 is 45.7 Å². The molecular weight excluding hydrogens is 505 g/mol. The molecule has 194 valence electrons. The number of carbonyl (C=O) groups is 2. The Morgan fingerprint density at radius 3 is 2.38 bits per heavy atom. The highest BCUT2D eigenvalue weighted by Gasteiger charge is 2.38. The number of pyridine rings is 1. The number of alkyl halides is 3. The van der Waals surface area contributed by atoms with Crippen LogP contribution in [0.2, 0.25) is 5.02 Å². The minimum Gasteiger partial charge on any atom is -0.382 e. The summed E-state index contributed by atoms with van der Waals surface area (Å²) in [5.41, 5.74) is 0.313.